The molecule has 1 N–H and O–H groups in total. The second-order valence-corrected chi connectivity index (χ2v) is 6.38. The van der Waals surface area contributed by atoms with E-state index in [9.17, 15) is 23.1 Å². The maximum atomic E-state index is 13.5. The van der Waals surface area contributed by atoms with E-state index < -0.39 is 28.9 Å². The Morgan fingerprint density at radius 1 is 0.933 bits per heavy atom. The summed E-state index contributed by atoms with van der Waals surface area (Å²) in [5, 5.41) is 11.4. The second kappa shape index (κ2) is 7.47. The van der Waals surface area contributed by atoms with Gasteiger partial charge >= 0.3 is 6.18 Å². The molecule has 0 radical (unpaired) electrons. The van der Waals surface area contributed by atoms with Gasteiger partial charge in [0.2, 0.25) is 5.88 Å². The summed E-state index contributed by atoms with van der Waals surface area (Å²) in [5.41, 5.74) is -2.17. The number of alkyl halides is 3. The lowest BCUT2D eigenvalue weighted by molar-refractivity contribution is -0.137. The lowest BCUT2D eigenvalue weighted by atomic mass is 10.1. The average molecular weight is 409 g/mol. The Bertz CT molecular complexity index is 1310. The maximum Gasteiger partial charge on any atom is 0.418 e. The maximum absolute atomic E-state index is 13.5. The SMILES string of the molecule is O=c1c2ccccc2c(C=Nc2ccccn2)c(O)n1-c1ccccc1C(F)(F)F. The van der Waals surface area contributed by atoms with Gasteiger partial charge in [0.15, 0.2) is 5.82 Å². The molecule has 4 aromatic rings. The molecule has 0 bridgehead atoms. The Kier molecular flexibility index (Phi) is 4.83. The van der Waals surface area contributed by atoms with Gasteiger partial charge in [-0.15, -0.1) is 0 Å². The number of para-hydroxylation sites is 1. The van der Waals surface area contributed by atoms with Crippen LogP contribution in [0.2, 0.25) is 0 Å². The van der Waals surface area contributed by atoms with E-state index in [2.05, 4.69) is 9.98 Å². The summed E-state index contributed by atoms with van der Waals surface area (Å²) < 4.78 is 41.3. The number of hydrogen-bond acceptors (Lipinski definition) is 4. The number of aliphatic imine (C=N–C) groups is 1. The number of benzene rings is 2. The minimum atomic E-state index is -4.71. The fourth-order valence-corrected chi connectivity index (χ4v) is 3.18. The van der Waals surface area contributed by atoms with Crippen molar-refractivity contribution in [3.05, 3.63) is 94.4 Å². The third-order valence-electron chi connectivity index (χ3n) is 4.53. The van der Waals surface area contributed by atoms with Gasteiger partial charge < -0.3 is 5.11 Å². The first-order valence-corrected chi connectivity index (χ1v) is 8.86. The topological polar surface area (TPSA) is 67.5 Å². The standard InChI is InChI=1S/C22H14F3N3O2/c23-22(24,25)17-9-3-4-10-18(17)28-20(29)15-8-2-1-7-14(15)16(21(28)30)13-27-19-11-5-6-12-26-19/h1-13,30H. The van der Waals surface area contributed by atoms with Crippen molar-refractivity contribution in [1.82, 2.24) is 9.55 Å². The van der Waals surface area contributed by atoms with Crippen molar-refractivity contribution in [1.29, 1.82) is 0 Å². The van der Waals surface area contributed by atoms with Crippen LogP contribution in [0.4, 0.5) is 19.0 Å². The van der Waals surface area contributed by atoms with E-state index in [1.54, 1.807) is 36.4 Å². The highest BCUT2D eigenvalue weighted by Gasteiger charge is 2.34. The fraction of sp³-hybridized carbons (Fsp3) is 0.0455. The molecule has 150 valence electrons. The van der Waals surface area contributed by atoms with Crippen LogP contribution >= 0.6 is 0 Å². The molecule has 0 aliphatic carbocycles. The van der Waals surface area contributed by atoms with Gasteiger partial charge in [0.25, 0.3) is 5.56 Å². The first kappa shape index (κ1) is 19.4. The zero-order valence-corrected chi connectivity index (χ0v) is 15.3. The molecule has 5 nitrogen and oxygen atoms in total. The molecule has 0 saturated carbocycles. The van der Waals surface area contributed by atoms with Crippen LogP contribution in [0.25, 0.3) is 16.5 Å². The Morgan fingerprint density at radius 3 is 2.30 bits per heavy atom. The number of rotatable bonds is 3. The first-order valence-electron chi connectivity index (χ1n) is 8.86. The van der Waals surface area contributed by atoms with Crippen molar-refractivity contribution >= 4 is 22.8 Å². The van der Waals surface area contributed by atoms with Crippen LogP contribution in [0.3, 0.4) is 0 Å². The van der Waals surface area contributed by atoms with Crippen LogP contribution in [0.1, 0.15) is 11.1 Å². The Labute approximate surface area is 168 Å². The molecule has 2 aromatic heterocycles. The molecule has 0 fully saturated rings. The third-order valence-corrected chi connectivity index (χ3v) is 4.53. The molecule has 0 amide bonds. The van der Waals surface area contributed by atoms with E-state index in [1.165, 1.54) is 30.6 Å². The zero-order chi connectivity index (χ0) is 21.3. The van der Waals surface area contributed by atoms with E-state index in [0.717, 1.165) is 12.1 Å². The Morgan fingerprint density at radius 2 is 1.60 bits per heavy atom. The Hall–Kier alpha value is -3.94. The van der Waals surface area contributed by atoms with Gasteiger partial charge in [-0.1, -0.05) is 36.4 Å². The predicted octanol–water partition coefficient (Wildman–Crippen LogP) is 4.86. The lowest BCUT2D eigenvalue weighted by Crippen LogP contribution is -2.23. The third kappa shape index (κ3) is 3.43. The van der Waals surface area contributed by atoms with Crippen LogP contribution in [0, 0.1) is 0 Å². The van der Waals surface area contributed by atoms with Crippen molar-refractivity contribution < 1.29 is 18.3 Å². The van der Waals surface area contributed by atoms with E-state index in [0.29, 0.717) is 15.8 Å². The minimum Gasteiger partial charge on any atom is -0.494 e. The molecule has 8 heteroatoms. The van der Waals surface area contributed by atoms with E-state index in [1.807, 2.05) is 0 Å². The molecule has 0 unspecified atom stereocenters. The van der Waals surface area contributed by atoms with Gasteiger partial charge in [-0.3, -0.25) is 4.79 Å². The van der Waals surface area contributed by atoms with Crippen LogP contribution in [0.5, 0.6) is 5.88 Å². The van der Waals surface area contributed by atoms with Crippen LogP contribution in [-0.2, 0) is 6.18 Å². The summed E-state index contributed by atoms with van der Waals surface area (Å²) in [4.78, 5) is 21.3. The van der Waals surface area contributed by atoms with Crippen LogP contribution in [0.15, 0.2) is 82.7 Å². The smallest absolute Gasteiger partial charge is 0.418 e. The molecule has 0 aliphatic heterocycles. The second-order valence-electron chi connectivity index (χ2n) is 6.38. The van der Waals surface area contributed by atoms with Gasteiger partial charge in [-0.25, -0.2) is 14.5 Å². The number of pyridine rings is 2. The molecule has 0 aliphatic rings. The molecule has 0 spiro atoms. The molecule has 30 heavy (non-hydrogen) atoms. The number of halogens is 3. The first-order chi connectivity index (χ1) is 14.4. The highest BCUT2D eigenvalue weighted by Crippen LogP contribution is 2.35. The summed E-state index contributed by atoms with van der Waals surface area (Å²) in [7, 11) is 0. The van der Waals surface area contributed by atoms with E-state index in [4.69, 9.17) is 0 Å². The molecule has 0 atom stereocenters. The van der Waals surface area contributed by atoms with Crippen LogP contribution in [-0.4, -0.2) is 20.9 Å². The molecule has 4 rings (SSSR count). The summed E-state index contributed by atoms with van der Waals surface area (Å²) in [5.74, 6) is -0.301. The predicted molar refractivity (Wildman–Crippen MR) is 108 cm³/mol. The van der Waals surface area contributed by atoms with Gasteiger partial charge in [-0.05, 0) is 30.3 Å². The number of aromatic hydroxyl groups is 1. The van der Waals surface area contributed by atoms with Crippen molar-refractivity contribution in [2.45, 2.75) is 6.18 Å². The number of fused-ring (bicyclic) bond motifs is 1. The molecule has 0 saturated heterocycles. The summed E-state index contributed by atoms with van der Waals surface area (Å²) in [6, 6.07) is 16.0. The molecular formula is C22H14F3N3O2. The molecular weight excluding hydrogens is 395 g/mol. The Balaban J connectivity index is 2.04. The van der Waals surface area contributed by atoms with Gasteiger partial charge in [0, 0.05) is 23.2 Å². The highest BCUT2D eigenvalue weighted by atomic mass is 19.4. The fourth-order valence-electron chi connectivity index (χ4n) is 3.18. The van der Waals surface area contributed by atoms with Crippen molar-refractivity contribution in [2.24, 2.45) is 4.99 Å². The normalized spacial score (nSPS) is 12.0. The van der Waals surface area contributed by atoms with Gasteiger partial charge in [-0.2, -0.15) is 13.2 Å². The van der Waals surface area contributed by atoms with Crippen molar-refractivity contribution in [3.8, 4) is 11.6 Å². The highest BCUT2D eigenvalue weighted by molar-refractivity contribution is 6.02. The molecule has 2 aromatic carbocycles. The summed E-state index contributed by atoms with van der Waals surface area (Å²) >= 11 is 0. The number of nitrogens with zero attached hydrogens (tertiary/aromatic N) is 3. The molecule has 2 heterocycles. The quantitative estimate of drug-likeness (QED) is 0.492. The largest absolute Gasteiger partial charge is 0.494 e. The van der Waals surface area contributed by atoms with Gasteiger partial charge in [0.1, 0.15) is 0 Å². The number of hydrogen-bond donors (Lipinski definition) is 1. The van der Waals surface area contributed by atoms with Crippen LogP contribution < -0.4 is 5.56 Å². The lowest BCUT2D eigenvalue weighted by Gasteiger charge is -2.17. The summed E-state index contributed by atoms with van der Waals surface area (Å²) in [6.45, 7) is 0. The minimum absolute atomic E-state index is 0.104. The zero-order valence-electron chi connectivity index (χ0n) is 15.3. The average Bonchev–Trinajstić information content (AvgIpc) is 2.74. The monoisotopic (exact) mass is 409 g/mol. The summed E-state index contributed by atoms with van der Waals surface area (Å²) in [6.07, 6.45) is -1.90. The van der Waals surface area contributed by atoms with E-state index in [-0.39, 0.29) is 10.9 Å². The van der Waals surface area contributed by atoms with Gasteiger partial charge in [0.05, 0.1) is 16.8 Å². The van der Waals surface area contributed by atoms with Crippen molar-refractivity contribution in [3.63, 3.8) is 0 Å². The van der Waals surface area contributed by atoms with Crippen molar-refractivity contribution in [2.75, 3.05) is 0 Å². The number of aromatic nitrogens is 2. The van der Waals surface area contributed by atoms with E-state index >= 15 is 0 Å².